The van der Waals surface area contributed by atoms with Gasteiger partial charge in [0.05, 0.1) is 5.69 Å². The van der Waals surface area contributed by atoms with Gasteiger partial charge in [0, 0.05) is 50.4 Å². The molecule has 3 saturated heterocycles. The Hall–Kier alpha value is -1.79. The summed E-state index contributed by atoms with van der Waals surface area (Å²) < 4.78 is 32.3. The Balaban J connectivity index is 1.48. The summed E-state index contributed by atoms with van der Waals surface area (Å²) in [6, 6.07) is 4.25. The number of piperidine rings is 1. The van der Waals surface area contributed by atoms with Crippen molar-refractivity contribution in [1.82, 2.24) is 15.0 Å². The van der Waals surface area contributed by atoms with Crippen molar-refractivity contribution >= 4 is 0 Å². The molecule has 2 atom stereocenters. The van der Waals surface area contributed by atoms with Gasteiger partial charge in [-0.1, -0.05) is 5.16 Å². The molecule has 2 aromatic rings. The van der Waals surface area contributed by atoms with E-state index in [4.69, 9.17) is 4.52 Å². The third-order valence-electron chi connectivity index (χ3n) is 5.77. The number of aromatic nitrogens is 1. The van der Waals surface area contributed by atoms with Crippen molar-refractivity contribution in [2.75, 3.05) is 19.6 Å². The van der Waals surface area contributed by atoms with E-state index in [9.17, 15) is 8.78 Å². The Labute approximate surface area is 152 Å². The molecule has 4 nitrogen and oxygen atoms in total. The van der Waals surface area contributed by atoms with E-state index >= 15 is 0 Å². The van der Waals surface area contributed by atoms with Crippen molar-refractivity contribution in [3.63, 3.8) is 0 Å². The summed E-state index contributed by atoms with van der Waals surface area (Å²) in [5.41, 5.74) is 2.86. The van der Waals surface area contributed by atoms with Gasteiger partial charge in [0.15, 0.2) is 0 Å². The van der Waals surface area contributed by atoms with Crippen LogP contribution in [0.15, 0.2) is 22.7 Å². The highest BCUT2D eigenvalue weighted by Crippen LogP contribution is 2.30. The second-order valence-corrected chi connectivity index (χ2v) is 7.80. The third kappa shape index (κ3) is 3.67. The van der Waals surface area contributed by atoms with E-state index in [1.54, 1.807) is 0 Å². The number of nitrogens with zero attached hydrogens (tertiary/aromatic N) is 3. The van der Waals surface area contributed by atoms with Crippen molar-refractivity contribution in [2.45, 2.75) is 45.8 Å². The normalized spacial score (nSPS) is 24.2. The average Bonchev–Trinajstić information content (AvgIpc) is 2.75. The van der Waals surface area contributed by atoms with Crippen LogP contribution in [0.1, 0.15) is 35.4 Å². The van der Waals surface area contributed by atoms with Gasteiger partial charge in [-0.05, 0) is 50.3 Å². The molecule has 3 fully saturated rings. The average molecular weight is 361 g/mol. The van der Waals surface area contributed by atoms with Crippen molar-refractivity contribution in [2.24, 2.45) is 5.92 Å². The topological polar surface area (TPSA) is 32.5 Å². The molecular weight excluding hydrogens is 336 g/mol. The molecule has 3 aliphatic rings. The number of hydrogen-bond donors (Lipinski definition) is 0. The Kier molecular flexibility index (Phi) is 4.80. The minimum Gasteiger partial charge on any atom is -0.361 e. The number of hydrogen-bond acceptors (Lipinski definition) is 4. The summed E-state index contributed by atoms with van der Waals surface area (Å²) in [7, 11) is 0. The van der Waals surface area contributed by atoms with Crippen LogP contribution in [0.25, 0.3) is 0 Å². The Morgan fingerprint density at radius 1 is 1.04 bits per heavy atom. The molecule has 0 spiro atoms. The largest absolute Gasteiger partial charge is 0.361 e. The highest BCUT2D eigenvalue weighted by Gasteiger charge is 2.35. The lowest BCUT2D eigenvalue weighted by Gasteiger charge is -2.36. The van der Waals surface area contributed by atoms with Crippen molar-refractivity contribution in [1.29, 1.82) is 0 Å². The van der Waals surface area contributed by atoms with E-state index in [-0.39, 0.29) is 0 Å². The van der Waals surface area contributed by atoms with Gasteiger partial charge in [0.1, 0.15) is 17.4 Å². The van der Waals surface area contributed by atoms with E-state index < -0.39 is 11.6 Å². The van der Waals surface area contributed by atoms with Gasteiger partial charge in [-0.2, -0.15) is 0 Å². The van der Waals surface area contributed by atoms with E-state index in [1.807, 2.05) is 13.8 Å². The molecule has 26 heavy (non-hydrogen) atoms. The Morgan fingerprint density at radius 2 is 1.81 bits per heavy atom. The molecule has 0 amide bonds. The molecule has 0 N–H and O–H groups in total. The molecule has 1 aromatic carbocycles. The van der Waals surface area contributed by atoms with Crippen molar-refractivity contribution < 1.29 is 13.3 Å². The smallest absolute Gasteiger partial charge is 0.138 e. The van der Waals surface area contributed by atoms with Gasteiger partial charge < -0.3 is 4.52 Å². The molecule has 5 rings (SSSR count). The van der Waals surface area contributed by atoms with Gasteiger partial charge >= 0.3 is 0 Å². The summed E-state index contributed by atoms with van der Waals surface area (Å²) in [4.78, 5) is 4.89. The van der Waals surface area contributed by atoms with E-state index in [2.05, 4.69) is 15.0 Å². The van der Waals surface area contributed by atoms with Crippen LogP contribution < -0.4 is 0 Å². The fourth-order valence-electron chi connectivity index (χ4n) is 4.49. The monoisotopic (exact) mass is 361 g/mol. The fourth-order valence-corrected chi connectivity index (χ4v) is 4.49. The van der Waals surface area contributed by atoms with Crippen LogP contribution in [0.4, 0.5) is 8.78 Å². The van der Waals surface area contributed by atoms with Crippen LogP contribution in [-0.2, 0) is 13.1 Å². The summed E-state index contributed by atoms with van der Waals surface area (Å²) >= 11 is 0. The van der Waals surface area contributed by atoms with Crippen molar-refractivity contribution in [3.8, 4) is 0 Å². The molecule has 0 radical (unpaired) electrons. The summed E-state index contributed by atoms with van der Waals surface area (Å²) in [6.45, 7) is 8.43. The van der Waals surface area contributed by atoms with E-state index in [0.29, 0.717) is 24.1 Å². The van der Waals surface area contributed by atoms with E-state index in [0.717, 1.165) is 50.1 Å². The minimum atomic E-state index is -0.500. The second-order valence-electron chi connectivity index (χ2n) is 7.80. The van der Waals surface area contributed by atoms with Crippen LogP contribution >= 0.6 is 0 Å². The number of rotatable bonds is 4. The third-order valence-corrected chi connectivity index (χ3v) is 5.77. The SMILES string of the molecule is Cc1noc(C)c1CN1C[C@@H]2CC[C@H](C1)N(Cc1cc(F)cc(F)c1)C2. The first-order valence-electron chi connectivity index (χ1n) is 9.31. The van der Waals surface area contributed by atoms with Gasteiger partial charge in [-0.15, -0.1) is 0 Å². The predicted octanol–water partition coefficient (Wildman–Crippen LogP) is 3.67. The maximum Gasteiger partial charge on any atom is 0.138 e. The predicted molar refractivity (Wildman–Crippen MR) is 94.5 cm³/mol. The quantitative estimate of drug-likeness (QED) is 0.832. The van der Waals surface area contributed by atoms with Crippen LogP contribution in [0.5, 0.6) is 0 Å². The molecule has 140 valence electrons. The molecule has 3 aliphatic heterocycles. The van der Waals surface area contributed by atoms with Crippen molar-refractivity contribution in [3.05, 3.63) is 52.4 Å². The summed E-state index contributed by atoms with van der Waals surface area (Å²) in [5.74, 6) is 0.485. The number of benzene rings is 1. The number of aryl methyl sites for hydroxylation is 2. The van der Waals surface area contributed by atoms with Gasteiger partial charge in [0.2, 0.25) is 0 Å². The minimum absolute atomic E-state index is 0.417. The highest BCUT2D eigenvalue weighted by molar-refractivity contribution is 5.21. The molecular formula is C20H25F2N3O. The standard InChI is InChI=1S/C20H25F2N3O/c1-13-20(14(2)26-23-13)12-24-8-15-3-4-19(11-24)25(9-15)10-16-5-17(21)7-18(22)6-16/h5-7,15,19H,3-4,8-12H2,1-2H3/t15-,19+/m0/s1. The first-order chi connectivity index (χ1) is 12.5. The first kappa shape index (κ1) is 17.6. The zero-order chi connectivity index (χ0) is 18.3. The zero-order valence-corrected chi connectivity index (χ0v) is 15.3. The summed E-state index contributed by atoms with van der Waals surface area (Å²) in [5, 5.41) is 4.06. The fraction of sp³-hybridized carbons (Fsp3) is 0.550. The highest BCUT2D eigenvalue weighted by atomic mass is 19.1. The maximum absolute atomic E-state index is 13.5. The molecule has 0 saturated carbocycles. The molecule has 1 aromatic heterocycles. The number of halogens is 2. The van der Waals surface area contributed by atoms with Gasteiger partial charge in [-0.3, -0.25) is 9.80 Å². The lowest BCUT2D eigenvalue weighted by Crippen LogP contribution is -2.43. The molecule has 0 aliphatic carbocycles. The van der Waals surface area contributed by atoms with Crippen LogP contribution in [-0.4, -0.2) is 40.6 Å². The van der Waals surface area contributed by atoms with Crippen LogP contribution in [0.2, 0.25) is 0 Å². The Morgan fingerprint density at radius 3 is 2.50 bits per heavy atom. The van der Waals surface area contributed by atoms with Gasteiger partial charge in [-0.25, -0.2) is 8.78 Å². The van der Waals surface area contributed by atoms with E-state index in [1.165, 1.54) is 24.1 Å². The molecule has 4 heterocycles. The second kappa shape index (κ2) is 7.08. The lowest BCUT2D eigenvalue weighted by molar-refractivity contribution is 0.123. The first-order valence-corrected chi connectivity index (χ1v) is 9.31. The Bertz CT molecular complexity index is 752. The van der Waals surface area contributed by atoms with Crippen LogP contribution in [0.3, 0.4) is 0 Å². The zero-order valence-electron chi connectivity index (χ0n) is 15.3. The van der Waals surface area contributed by atoms with Crippen LogP contribution in [0, 0.1) is 31.4 Å². The molecule has 0 unspecified atom stereocenters. The lowest BCUT2D eigenvalue weighted by atomic mass is 9.94. The molecule has 2 bridgehead atoms. The molecule has 6 heteroatoms. The summed E-state index contributed by atoms with van der Waals surface area (Å²) in [6.07, 6.45) is 2.36. The van der Waals surface area contributed by atoms with Gasteiger partial charge in [0.25, 0.3) is 0 Å². The number of fused-ring (bicyclic) bond motifs is 4. The maximum atomic E-state index is 13.5.